The highest BCUT2D eigenvalue weighted by atomic mass is 16.6. The van der Waals surface area contributed by atoms with Crippen LogP contribution < -0.4 is 10.6 Å². The minimum atomic E-state index is -0.527. The summed E-state index contributed by atoms with van der Waals surface area (Å²) in [5.74, 6) is 0.489. The zero-order chi connectivity index (χ0) is 14.5. The van der Waals surface area contributed by atoms with Gasteiger partial charge in [-0.05, 0) is 11.8 Å². The monoisotopic (exact) mass is 269 g/mol. The number of hydrogen-bond donors (Lipinski definition) is 3. The molecule has 3 N–H and O–H groups in total. The topological polar surface area (TPSA) is 113 Å². The molecule has 1 aromatic rings. The van der Waals surface area contributed by atoms with Crippen molar-refractivity contribution in [3.8, 4) is 0 Å². The van der Waals surface area contributed by atoms with Crippen molar-refractivity contribution >= 4 is 17.5 Å². The fourth-order valence-corrected chi connectivity index (χ4v) is 1.47. The molecule has 0 bridgehead atoms. The summed E-state index contributed by atoms with van der Waals surface area (Å²) in [6.45, 7) is 4.46. The SMILES string of the molecule is CNc1ncc([N+](=O)[O-])c(NCC(C)(C)CCO)n1. The Morgan fingerprint density at radius 1 is 1.53 bits per heavy atom. The summed E-state index contributed by atoms with van der Waals surface area (Å²) in [5, 5.41) is 25.5. The summed E-state index contributed by atoms with van der Waals surface area (Å²) >= 11 is 0. The first kappa shape index (κ1) is 15.1. The van der Waals surface area contributed by atoms with Gasteiger partial charge in [0.25, 0.3) is 0 Å². The van der Waals surface area contributed by atoms with Gasteiger partial charge in [-0.2, -0.15) is 4.98 Å². The van der Waals surface area contributed by atoms with Crippen LogP contribution in [0.3, 0.4) is 0 Å². The summed E-state index contributed by atoms with van der Waals surface area (Å²) in [4.78, 5) is 18.2. The standard InChI is InChI=1S/C11H19N5O3/c1-11(2,4-5-17)7-14-9-8(16(18)19)6-13-10(12-3)15-9/h6,17H,4-5,7H2,1-3H3,(H2,12,13,14,15). The molecule has 19 heavy (non-hydrogen) atoms. The highest BCUT2D eigenvalue weighted by Crippen LogP contribution is 2.25. The number of anilines is 2. The fraction of sp³-hybridized carbons (Fsp3) is 0.636. The second-order valence-corrected chi connectivity index (χ2v) is 4.93. The molecule has 0 aliphatic carbocycles. The zero-order valence-electron chi connectivity index (χ0n) is 11.3. The van der Waals surface area contributed by atoms with Crippen LogP contribution in [0.4, 0.5) is 17.5 Å². The van der Waals surface area contributed by atoms with E-state index in [4.69, 9.17) is 5.11 Å². The number of nitrogens with one attached hydrogen (secondary N) is 2. The van der Waals surface area contributed by atoms with E-state index in [0.29, 0.717) is 18.9 Å². The maximum atomic E-state index is 10.9. The normalized spacial score (nSPS) is 11.2. The van der Waals surface area contributed by atoms with Gasteiger partial charge in [-0.25, -0.2) is 4.98 Å². The lowest BCUT2D eigenvalue weighted by molar-refractivity contribution is -0.384. The van der Waals surface area contributed by atoms with Crippen LogP contribution in [0.2, 0.25) is 0 Å². The predicted molar refractivity (Wildman–Crippen MR) is 72.2 cm³/mol. The number of nitrogens with zero attached hydrogens (tertiary/aromatic N) is 3. The van der Waals surface area contributed by atoms with Gasteiger partial charge in [-0.1, -0.05) is 13.8 Å². The number of aromatic nitrogens is 2. The largest absolute Gasteiger partial charge is 0.396 e. The highest BCUT2D eigenvalue weighted by molar-refractivity contribution is 5.56. The molecule has 0 aliphatic rings. The minimum Gasteiger partial charge on any atom is -0.396 e. The van der Waals surface area contributed by atoms with E-state index >= 15 is 0 Å². The second-order valence-electron chi connectivity index (χ2n) is 4.93. The van der Waals surface area contributed by atoms with Gasteiger partial charge in [0.05, 0.1) is 4.92 Å². The molecule has 0 atom stereocenters. The molecule has 0 aliphatic heterocycles. The lowest BCUT2D eigenvalue weighted by atomic mass is 9.90. The third-order valence-corrected chi connectivity index (χ3v) is 2.71. The maximum absolute atomic E-state index is 10.9. The van der Waals surface area contributed by atoms with Gasteiger partial charge in [0.2, 0.25) is 11.8 Å². The van der Waals surface area contributed by atoms with Gasteiger partial charge in [0.15, 0.2) is 0 Å². The van der Waals surface area contributed by atoms with Crippen LogP contribution >= 0.6 is 0 Å². The molecule has 0 fully saturated rings. The first-order chi connectivity index (χ1) is 8.89. The Hall–Kier alpha value is -1.96. The molecule has 0 aromatic carbocycles. The molecule has 8 nitrogen and oxygen atoms in total. The van der Waals surface area contributed by atoms with Crippen molar-refractivity contribution in [1.29, 1.82) is 0 Å². The van der Waals surface area contributed by atoms with Crippen molar-refractivity contribution in [3.05, 3.63) is 16.3 Å². The molecule has 0 radical (unpaired) electrons. The average Bonchev–Trinajstić information content (AvgIpc) is 2.35. The molecule has 0 amide bonds. The zero-order valence-corrected chi connectivity index (χ0v) is 11.3. The quantitative estimate of drug-likeness (QED) is 0.504. The molecule has 1 heterocycles. The first-order valence-electron chi connectivity index (χ1n) is 5.93. The third-order valence-electron chi connectivity index (χ3n) is 2.71. The van der Waals surface area contributed by atoms with E-state index in [1.807, 2.05) is 13.8 Å². The van der Waals surface area contributed by atoms with Gasteiger partial charge in [0, 0.05) is 20.2 Å². The Morgan fingerprint density at radius 3 is 2.74 bits per heavy atom. The van der Waals surface area contributed by atoms with E-state index in [1.165, 1.54) is 6.20 Å². The van der Waals surface area contributed by atoms with Crippen molar-refractivity contribution in [1.82, 2.24) is 9.97 Å². The average molecular weight is 269 g/mol. The summed E-state index contributed by atoms with van der Waals surface area (Å²) < 4.78 is 0. The van der Waals surface area contributed by atoms with E-state index in [1.54, 1.807) is 7.05 Å². The van der Waals surface area contributed by atoms with Crippen LogP contribution in [0.1, 0.15) is 20.3 Å². The summed E-state index contributed by atoms with van der Waals surface area (Å²) in [6, 6.07) is 0. The molecule has 8 heteroatoms. The fourth-order valence-electron chi connectivity index (χ4n) is 1.47. The first-order valence-corrected chi connectivity index (χ1v) is 5.93. The Morgan fingerprint density at radius 2 is 2.21 bits per heavy atom. The molecular formula is C11H19N5O3. The van der Waals surface area contributed by atoms with E-state index in [9.17, 15) is 10.1 Å². The molecule has 0 saturated heterocycles. The summed E-state index contributed by atoms with van der Waals surface area (Å²) in [5.41, 5.74) is -0.355. The Balaban J connectivity index is 2.89. The molecule has 1 aromatic heterocycles. The van der Waals surface area contributed by atoms with Crippen LogP contribution in [-0.4, -0.2) is 40.2 Å². The lowest BCUT2D eigenvalue weighted by Crippen LogP contribution is -2.25. The van der Waals surface area contributed by atoms with Crippen LogP contribution in [0.5, 0.6) is 0 Å². The molecule has 1 rings (SSSR count). The minimum absolute atomic E-state index is 0.0717. The van der Waals surface area contributed by atoms with Crippen molar-refractivity contribution < 1.29 is 10.0 Å². The molecule has 0 spiro atoms. The Kier molecular flexibility index (Phi) is 4.99. The van der Waals surface area contributed by atoms with E-state index in [2.05, 4.69) is 20.6 Å². The van der Waals surface area contributed by atoms with Crippen molar-refractivity contribution in [3.63, 3.8) is 0 Å². The molecule has 106 valence electrons. The van der Waals surface area contributed by atoms with Gasteiger partial charge in [-0.15, -0.1) is 0 Å². The molecule has 0 saturated carbocycles. The molecule has 0 unspecified atom stereocenters. The van der Waals surface area contributed by atoms with Crippen LogP contribution in [0.15, 0.2) is 6.20 Å². The smallest absolute Gasteiger partial charge is 0.329 e. The second kappa shape index (κ2) is 6.28. The Labute approximate surface area is 111 Å². The molecular weight excluding hydrogens is 250 g/mol. The highest BCUT2D eigenvalue weighted by Gasteiger charge is 2.21. The van der Waals surface area contributed by atoms with Crippen LogP contribution in [-0.2, 0) is 0 Å². The lowest BCUT2D eigenvalue weighted by Gasteiger charge is -2.24. The number of aliphatic hydroxyl groups excluding tert-OH is 1. The number of hydrogen-bond acceptors (Lipinski definition) is 7. The van der Waals surface area contributed by atoms with Crippen LogP contribution in [0.25, 0.3) is 0 Å². The number of rotatable bonds is 7. The van der Waals surface area contributed by atoms with Gasteiger partial charge < -0.3 is 15.7 Å². The number of nitro groups is 1. The summed E-state index contributed by atoms with van der Waals surface area (Å²) in [6.07, 6.45) is 1.76. The maximum Gasteiger partial charge on any atom is 0.329 e. The Bertz CT molecular complexity index is 450. The van der Waals surface area contributed by atoms with E-state index < -0.39 is 4.92 Å². The number of aliphatic hydroxyl groups is 1. The van der Waals surface area contributed by atoms with Gasteiger partial charge >= 0.3 is 5.69 Å². The van der Waals surface area contributed by atoms with E-state index in [0.717, 1.165) is 0 Å². The van der Waals surface area contributed by atoms with Crippen LogP contribution in [0, 0.1) is 15.5 Å². The predicted octanol–water partition coefficient (Wildman–Crippen LogP) is 1.25. The van der Waals surface area contributed by atoms with E-state index in [-0.39, 0.29) is 23.5 Å². The van der Waals surface area contributed by atoms with Gasteiger partial charge in [0.1, 0.15) is 6.20 Å². The van der Waals surface area contributed by atoms with Gasteiger partial charge in [-0.3, -0.25) is 10.1 Å². The van der Waals surface area contributed by atoms with Crippen molar-refractivity contribution in [2.45, 2.75) is 20.3 Å². The van der Waals surface area contributed by atoms with Crippen molar-refractivity contribution in [2.75, 3.05) is 30.8 Å². The summed E-state index contributed by atoms with van der Waals surface area (Å²) in [7, 11) is 1.64. The third kappa shape index (κ3) is 4.32. The van der Waals surface area contributed by atoms with Crippen molar-refractivity contribution in [2.24, 2.45) is 5.41 Å².